The second-order valence-electron chi connectivity index (χ2n) is 3.33. The lowest BCUT2D eigenvalue weighted by molar-refractivity contribution is 0.0595. The van der Waals surface area contributed by atoms with Gasteiger partial charge in [0.2, 0.25) is 0 Å². The van der Waals surface area contributed by atoms with Crippen LogP contribution in [0.1, 0.15) is 16.1 Å². The topological polar surface area (TPSA) is 67.9 Å². The Kier molecular flexibility index (Phi) is 2.68. The number of carbonyl (C=O) groups excluding carboxylic acids is 1. The number of esters is 1. The molecule has 0 unspecified atom stereocenters. The molecular weight excluding hydrogens is 206 g/mol. The van der Waals surface area contributed by atoms with Gasteiger partial charge in [-0.2, -0.15) is 0 Å². The highest BCUT2D eigenvalue weighted by Gasteiger charge is 2.11. The first kappa shape index (κ1) is 10.4. The highest BCUT2D eigenvalue weighted by atomic mass is 16.5. The minimum atomic E-state index is -0.430. The van der Waals surface area contributed by atoms with E-state index in [0.717, 1.165) is 11.1 Å². The van der Waals surface area contributed by atoms with Crippen LogP contribution in [0.15, 0.2) is 24.7 Å². The summed E-state index contributed by atoms with van der Waals surface area (Å²) in [6.07, 6.45) is 4.87. The van der Waals surface area contributed by atoms with Gasteiger partial charge in [0.1, 0.15) is 11.5 Å². The molecule has 5 nitrogen and oxygen atoms in total. The lowest BCUT2D eigenvalue weighted by Crippen LogP contribution is -2.01. The fourth-order valence-corrected chi connectivity index (χ4v) is 1.38. The number of rotatable bonds is 2. The van der Waals surface area contributed by atoms with Crippen LogP contribution in [0.3, 0.4) is 0 Å². The maximum Gasteiger partial charge on any atom is 0.356 e. The van der Waals surface area contributed by atoms with Gasteiger partial charge < -0.3 is 9.72 Å². The normalized spacial score (nSPS) is 10.1. The van der Waals surface area contributed by atoms with Crippen LogP contribution in [0.25, 0.3) is 11.4 Å². The number of imidazole rings is 1. The Balaban J connectivity index is 2.39. The fraction of sp³-hybridized carbons (Fsp3) is 0.182. The number of carbonyl (C=O) groups is 1. The zero-order valence-electron chi connectivity index (χ0n) is 9.02. The maximum absolute atomic E-state index is 11.2. The van der Waals surface area contributed by atoms with E-state index in [1.165, 1.54) is 13.3 Å². The molecule has 0 aliphatic rings. The van der Waals surface area contributed by atoms with Crippen LogP contribution in [-0.2, 0) is 4.74 Å². The van der Waals surface area contributed by atoms with Crippen LogP contribution < -0.4 is 0 Å². The summed E-state index contributed by atoms with van der Waals surface area (Å²) >= 11 is 0. The number of methoxy groups -OCH3 is 1. The van der Waals surface area contributed by atoms with Crippen LogP contribution in [0.2, 0.25) is 0 Å². The van der Waals surface area contributed by atoms with Gasteiger partial charge in [-0.25, -0.2) is 9.78 Å². The minimum Gasteiger partial charge on any atom is -0.464 e. The molecule has 2 aromatic heterocycles. The second kappa shape index (κ2) is 4.14. The first-order chi connectivity index (χ1) is 7.72. The number of nitrogens with one attached hydrogen (secondary N) is 1. The molecule has 0 radical (unpaired) electrons. The molecule has 0 saturated carbocycles. The van der Waals surface area contributed by atoms with Crippen LogP contribution in [-0.4, -0.2) is 28.0 Å². The number of hydrogen-bond acceptors (Lipinski definition) is 4. The number of H-pyrrole nitrogens is 1. The Morgan fingerprint density at radius 2 is 2.25 bits per heavy atom. The molecular formula is C11H11N3O2. The van der Waals surface area contributed by atoms with Crippen molar-refractivity contribution in [2.24, 2.45) is 0 Å². The first-order valence-electron chi connectivity index (χ1n) is 4.76. The third kappa shape index (κ3) is 1.79. The summed E-state index contributed by atoms with van der Waals surface area (Å²) in [4.78, 5) is 22.3. The first-order valence-corrected chi connectivity index (χ1v) is 4.76. The average molecular weight is 217 g/mol. The van der Waals surface area contributed by atoms with Crippen molar-refractivity contribution in [3.05, 3.63) is 35.9 Å². The zero-order chi connectivity index (χ0) is 11.5. The van der Waals surface area contributed by atoms with E-state index >= 15 is 0 Å². The van der Waals surface area contributed by atoms with Crippen LogP contribution in [0, 0.1) is 6.92 Å². The molecule has 0 bridgehead atoms. The van der Waals surface area contributed by atoms with Crippen molar-refractivity contribution in [2.45, 2.75) is 6.92 Å². The molecule has 0 amide bonds. The summed E-state index contributed by atoms with van der Waals surface area (Å²) in [5.74, 6) is 0.186. The number of hydrogen-bond donors (Lipinski definition) is 1. The van der Waals surface area contributed by atoms with Gasteiger partial charge in [-0.05, 0) is 18.6 Å². The smallest absolute Gasteiger partial charge is 0.356 e. The van der Waals surface area contributed by atoms with Gasteiger partial charge in [0.15, 0.2) is 0 Å². The minimum absolute atomic E-state index is 0.334. The van der Waals surface area contributed by atoms with E-state index in [4.69, 9.17) is 0 Å². The summed E-state index contributed by atoms with van der Waals surface area (Å²) in [6.45, 7) is 1.96. The maximum atomic E-state index is 11.2. The van der Waals surface area contributed by atoms with E-state index < -0.39 is 5.97 Å². The molecule has 0 fully saturated rings. The molecule has 0 aliphatic heterocycles. The van der Waals surface area contributed by atoms with Crippen LogP contribution in [0.4, 0.5) is 0 Å². The Labute approximate surface area is 92.5 Å². The molecule has 0 saturated heterocycles. The zero-order valence-corrected chi connectivity index (χ0v) is 9.02. The van der Waals surface area contributed by atoms with Crippen molar-refractivity contribution in [1.29, 1.82) is 0 Å². The molecule has 16 heavy (non-hydrogen) atoms. The van der Waals surface area contributed by atoms with Crippen molar-refractivity contribution in [1.82, 2.24) is 15.0 Å². The summed E-state index contributed by atoms with van der Waals surface area (Å²) in [6, 6.07) is 1.88. The van der Waals surface area contributed by atoms with Gasteiger partial charge in [0.25, 0.3) is 0 Å². The lowest BCUT2D eigenvalue weighted by Gasteiger charge is -2.00. The van der Waals surface area contributed by atoms with Gasteiger partial charge in [-0.15, -0.1) is 0 Å². The molecule has 5 heteroatoms. The fourth-order valence-electron chi connectivity index (χ4n) is 1.38. The quantitative estimate of drug-likeness (QED) is 0.775. The van der Waals surface area contributed by atoms with Crippen molar-refractivity contribution in [3.8, 4) is 11.4 Å². The van der Waals surface area contributed by atoms with E-state index in [2.05, 4.69) is 19.7 Å². The van der Waals surface area contributed by atoms with E-state index in [0.29, 0.717) is 11.5 Å². The van der Waals surface area contributed by atoms with Crippen LogP contribution in [0.5, 0.6) is 0 Å². The second-order valence-corrected chi connectivity index (χ2v) is 3.33. The van der Waals surface area contributed by atoms with Gasteiger partial charge in [0, 0.05) is 18.0 Å². The molecule has 2 aromatic rings. The largest absolute Gasteiger partial charge is 0.464 e. The van der Waals surface area contributed by atoms with E-state index in [-0.39, 0.29) is 0 Å². The number of aromatic amines is 1. The van der Waals surface area contributed by atoms with E-state index in [1.807, 2.05) is 13.0 Å². The third-order valence-electron chi connectivity index (χ3n) is 2.28. The number of pyridine rings is 1. The molecule has 0 aliphatic carbocycles. The predicted molar refractivity (Wildman–Crippen MR) is 57.9 cm³/mol. The Morgan fingerprint density at radius 3 is 2.94 bits per heavy atom. The number of aromatic nitrogens is 3. The highest BCUT2D eigenvalue weighted by molar-refractivity contribution is 5.87. The molecule has 82 valence electrons. The standard InChI is InChI=1S/C11H11N3O2/c1-7-3-4-12-5-8(7)10-13-6-9(14-10)11(15)16-2/h3-6H,1-2H3,(H,13,14). The predicted octanol–water partition coefficient (Wildman–Crippen LogP) is 1.57. The van der Waals surface area contributed by atoms with E-state index in [9.17, 15) is 4.79 Å². The van der Waals surface area contributed by atoms with E-state index in [1.54, 1.807) is 12.4 Å². The summed E-state index contributed by atoms with van der Waals surface area (Å²) in [7, 11) is 1.33. The van der Waals surface area contributed by atoms with Gasteiger partial charge in [-0.3, -0.25) is 4.98 Å². The average Bonchev–Trinajstić information content (AvgIpc) is 2.78. The molecule has 0 spiro atoms. The summed E-state index contributed by atoms with van der Waals surface area (Å²) in [5, 5.41) is 0. The molecule has 0 atom stereocenters. The number of nitrogens with zero attached hydrogens (tertiary/aromatic N) is 2. The Morgan fingerprint density at radius 1 is 1.44 bits per heavy atom. The monoisotopic (exact) mass is 217 g/mol. The molecule has 2 rings (SSSR count). The van der Waals surface area contributed by atoms with Crippen molar-refractivity contribution in [3.63, 3.8) is 0 Å². The van der Waals surface area contributed by atoms with Crippen molar-refractivity contribution in [2.75, 3.05) is 7.11 Å². The van der Waals surface area contributed by atoms with Gasteiger partial charge in [0.05, 0.1) is 13.3 Å². The Bertz CT molecular complexity index is 519. The van der Waals surface area contributed by atoms with Crippen molar-refractivity contribution < 1.29 is 9.53 Å². The molecule has 0 aromatic carbocycles. The number of ether oxygens (including phenoxy) is 1. The van der Waals surface area contributed by atoms with Crippen molar-refractivity contribution >= 4 is 5.97 Å². The third-order valence-corrected chi connectivity index (χ3v) is 2.28. The Hall–Kier alpha value is -2.17. The SMILES string of the molecule is COC(=O)c1cnc(-c2cnccc2C)[nH]1. The highest BCUT2D eigenvalue weighted by Crippen LogP contribution is 2.18. The summed E-state index contributed by atoms with van der Waals surface area (Å²) < 4.78 is 4.59. The lowest BCUT2D eigenvalue weighted by atomic mass is 10.1. The molecule has 2 heterocycles. The number of aryl methyl sites for hydroxylation is 1. The molecule has 1 N–H and O–H groups in total. The summed E-state index contributed by atoms with van der Waals surface area (Å²) in [5.41, 5.74) is 2.25. The van der Waals surface area contributed by atoms with Gasteiger partial charge in [-0.1, -0.05) is 0 Å². The van der Waals surface area contributed by atoms with Gasteiger partial charge >= 0.3 is 5.97 Å². The van der Waals surface area contributed by atoms with Crippen LogP contribution >= 0.6 is 0 Å².